The number of nitrogens with zero attached hydrogens (tertiary/aromatic N) is 2. The van der Waals surface area contributed by atoms with Gasteiger partial charge in [0.2, 0.25) is 11.8 Å². The lowest BCUT2D eigenvalue weighted by atomic mass is 9.92. The molecule has 8 nitrogen and oxygen atoms in total. The summed E-state index contributed by atoms with van der Waals surface area (Å²) in [5.41, 5.74) is 0.0665. The Labute approximate surface area is 185 Å². The number of carbonyl (C=O) groups excluding carboxylic acids is 4. The van der Waals surface area contributed by atoms with Crippen molar-refractivity contribution in [3.8, 4) is 0 Å². The number of urea groups is 1. The van der Waals surface area contributed by atoms with Gasteiger partial charge in [0.05, 0.1) is 6.54 Å². The summed E-state index contributed by atoms with van der Waals surface area (Å²) in [6, 6.07) is 13.8. The van der Waals surface area contributed by atoms with Crippen LogP contribution in [0.3, 0.4) is 0 Å². The fourth-order valence-corrected chi connectivity index (χ4v) is 3.45. The molecule has 1 heterocycles. The number of imide groups is 1. The zero-order valence-electron chi connectivity index (χ0n) is 17.9. The second kappa shape index (κ2) is 9.59. The van der Waals surface area contributed by atoms with E-state index in [-0.39, 0.29) is 25.5 Å². The minimum atomic E-state index is -1.26. The van der Waals surface area contributed by atoms with E-state index in [2.05, 4.69) is 10.6 Å². The molecule has 2 aromatic carbocycles. The number of carbonyl (C=O) groups is 4. The van der Waals surface area contributed by atoms with Gasteiger partial charge in [0, 0.05) is 13.1 Å². The number of nitrogens with one attached hydrogen (secondary N) is 2. The highest BCUT2D eigenvalue weighted by molar-refractivity contribution is 6.09. The largest absolute Gasteiger partial charge is 0.350 e. The minimum absolute atomic E-state index is 0.188. The Hall–Kier alpha value is -3.75. The molecule has 2 aromatic rings. The molecule has 0 aromatic heterocycles. The number of hydrogen-bond acceptors (Lipinski definition) is 4. The van der Waals surface area contributed by atoms with Crippen molar-refractivity contribution in [3.63, 3.8) is 0 Å². The van der Waals surface area contributed by atoms with Crippen molar-refractivity contribution in [3.05, 3.63) is 71.5 Å². The highest BCUT2D eigenvalue weighted by Crippen LogP contribution is 2.28. The molecule has 1 aliphatic rings. The number of benzene rings is 2. The molecule has 3 rings (SSSR count). The van der Waals surface area contributed by atoms with Crippen LogP contribution in [0.25, 0.3) is 0 Å². The Morgan fingerprint density at radius 3 is 2.38 bits per heavy atom. The third-order valence-electron chi connectivity index (χ3n) is 5.39. The van der Waals surface area contributed by atoms with E-state index in [4.69, 9.17) is 0 Å². The Kier molecular flexibility index (Phi) is 6.87. The molecule has 1 fully saturated rings. The van der Waals surface area contributed by atoms with E-state index in [0.717, 1.165) is 4.90 Å². The average molecular weight is 440 g/mol. The lowest BCUT2D eigenvalue weighted by Gasteiger charge is -2.24. The van der Waals surface area contributed by atoms with Crippen LogP contribution in [0, 0.1) is 5.82 Å². The van der Waals surface area contributed by atoms with E-state index in [0.29, 0.717) is 11.1 Å². The summed E-state index contributed by atoms with van der Waals surface area (Å²) in [4.78, 5) is 52.5. The van der Waals surface area contributed by atoms with Gasteiger partial charge in [-0.1, -0.05) is 42.5 Å². The number of halogens is 1. The van der Waals surface area contributed by atoms with Crippen molar-refractivity contribution < 1.29 is 23.6 Å². The molecule has 1 saturated heterocycles. The molecule has 168 valence electrons. The Bertz CT molecular complexity index is 1010. The van der Waals surface area contributed by atoms with Crippen LogP contribution in [0.5, 0.6) is 0 Å². The molecule has 0 aliphatic carbocycles. The van der Waals surface area contributed by atoms with Crippen LogP contribution in [-0.4, -0.2) is 53.2 Å². The van der Waals surface area contributed by atoms with E-state index in [1.165, 1.54) is 17.0 Å². The summed E-state index contributed by atoms with van der Waals surface area (Å²) in [6.45, 7) is 3.01. The minimum Gasteiger partial charge on any atom is -0.350 e. The maximum Gasteiger partial charge on any atom is 0.325 e. The molecule has 1 aliphatic heterocycles. The first-order chi connectivity index (χ1) is 15.2. The second-order valence-electron chi connectivity index (χ2n) is 7.62. The third kappa shape index (κ3) is 4.93. The molecule has 0 radical (unpaired) electrons. The average Bonchev–Trinajstić information content (AvgIpc) is 3.01. The number of likely N-dealkylation sites (N-methyl/N-ethyl adjacent to an activating group) is 1. The van der Waals surface area contributed by atoms with Gasteiger partial charge in [-0.25, -0.2) is 9.18 Å². The first-order valence-corrected chi connectivity index (χ1v) is 10.2. The Morgan fingerprint density at radius 2 is 1.75 bits per heavy atom. The topological polar surface area (TPSA) is 98.8 Å². The van der Waals surface area contributed by atoms with Crippen LogP contribution in [0.4, 0.5) is 9.18 Å². The number of hydrogen-bond donors (Lipinski definition) is 2. The molecule has 32 heavy (non-hydrogen) atoms. The van der Waals surface area contributed by atoms with Crippen LogP contribution in [0.2, 0.25) is 0 Å². The van der Waals surface area contributed by atoms with Crippen molar-refractivity contribution in [1.82, 2.24) is 20.4 Å². The van der Waals surface area contributed by atoms with E-state index >= 15 is 0 Å². The maximum atomic E-state index is 13.0. The van der Waals surface area contributed by atoms with Gasteiger partial charge in [-0.2, -0.15) is 0 Å². The number of rotatable bonds is 8. The van der Waals surface area contributed by atoms with Gasteiger partial charge in [-0.3, -0.25) is 19.3 Å². The van der Waals surface area contributed by atoms with E-state index in [1.807, 2.05) is 0 Å². The SMILES string of the molecule is CCN(CC(=O)NCc1ccc(F)cc1)C(=O)CN1C(=O)N[C@@](C)(c2ccccc2)C1=O. The van der Waals surface area contributed by atoms with Gasteiger partial charge in [0.1, 0.15) is 17.9 Å². The van der Waals surface area contributed by atoms with E-state index < -0.39 is 35.8 Å². The van der Waals surface area contributed by atoms with Gasteiger partial charge in [0.15, 0.2) is 0 Å². The van der Waals surface area contributed by atoms with Crippen LogP contribution >= 0.6 is 0 Å². The standard InChI is InChI=1S/C23H25FN4O4/c1-3-27(14-19(29)25-13-16-9-11-18(24)12-10-16)20(30)15-28-21(31)23(2,26-22(28)32)17-7-5-4-6-8-17/h4-12H,3,13-15H2,1-2H3,(H,25,29)(H,26,32)/t23-/m0/s1. The molecule has 0 bridgehead atoms. The summed E-state index contributed by atoms with van der Waals surface area (Å²) >= 11 is 0. The lowest BCUT2D eigenvalue weighted by Crippen LogP contribution is -2.47. The van der Waals surface area contributed by atoms with Crippen LogP contribution in [0.1, 0.15) is 25.0 Å². The molecule has 0 spiro atoms. The molecule has 1 atom stereocenters. The first kappa shape index (κ1) is 22.9. The number of amides is 5. The summed E-state index contributed by atoms with van der Waals surface area (Å²) in [5, 5.41) is 5.32. The zero-order chi connectivity index (χ0) is 23.3. The molecule has 9 heteroatoms. The van der Waals surface area contributed by atoms with Crippen molar-refractivity contribution >= 4 is 23.8 Å². The molecule has 5 amide bonds. The predicted octanol–water partition coefficient (Wildman–Crippen LogP) is 1.76. The third-order valence-corrected chi connectivity index (χ3v) is 5.39. The summed E-state index contributed by atoms with van der Waals surface area (Å²) in [5.74, 6) is -1.83. The van der Waals surface area contributed by atoms with Crippen molar-refractivity contribution in [1.29, 1.82) is 0 Å². The molecule has 0 unspecified atom stereocenters. The smallest absolute Gasteiger partial charge is 0.325 e. The Morgan fingerprint density at radius 1 is 1.09 bits per heavy atom. The van der Waals surface area contributed by atoms with Crippen LogP contribution in [-0.2, 0) is 26.5 Å². The van der Waals surface area contributed by atoms with E-state index in [1.54, 1.807) is 56.3 Å². The van der Waals surface area contributed by atoms with Crippen LogP contribution < -0.4 is 10.6 Å². The predicted molar refractivity (Wildman–Crippen MR) is 115 cm³/mol. The van der Waals surface area contributed by atoms with Crippen molar-refractivity contribution in [2.24, 2.45) is 0 Å². The molecular weight excluding hydrogens is 415 g/mol. The normalized spacial score (nSPS) is 17.8. The zero-order valence-corrected chi connectivity index (χ0v) is 17.9. The maximum absolute atomic E-state index is 13.0. The van der Waals surface area contributed by atoms with E-state index in [9.17, 15) is 23.6 Å². The monoisotopic (exact) mass is 440 g/mol. The quantitative estimate of drug-likeness (QED) is 0.611. The molecular formula is C23H25FN4O4. The summed E-state index contributed by atoms with van der Waals surface area (Å²) in [7, 11) is 0. The highest BCUT2D eigenvalue weighted by atomic mass is 19.1. The fourth-order valence-electron chi connectivity index (χ4n) is 3.45. The lowest BCUT2D eigenvalue weighted by molar-refractivity contribution is -0.140. The second-order valence-corrected chi connectivity index (χ2v) is 7.62. The van der Waals surface area contributed by atoms with Crippen molar-refractivity contribution in [2.75, 3.05) is 19.6 Å². The van der Waals surface area contributed by atoms with Crippen molar-refractivity contribution in [2.45, 2.75) is 25.9 Å². The molecule has 2 N–H and O–H groups in total. The summed E-state index contributed by atoms with van der Waals surface area (Å²) in [6.07, 6.45) is 0. The van der Waals surface area contributed by atoms with Crippen LogP contribution in [0.15, 0.2) is 54.6 Å². The van der Waals surface area contributed by atoms with Gasteiger partial charge >= 0.3 is 6.03 Å². The fraction of sp³-hybridized carbons (Fsp3) is 0.304. The van der Waals surface area contributed by atoms with Gasteiger partial charge < -0.3 is 15.5 Å². The van der Waals surface area contributed by atoms with Gasteiger partial charge in [0.25, 0.3) is 5.91 Å². The van der Waals surface area contributed by atoms with Gasteiger partial charge in [-0.15, -0.1) is 0 Å². The first-order valence-electron chi connectivity index (χ1n) is 10.2. The summed E-state index contributed by atoms with van der Waals surface area (Å²) < 4.78 is 13.0. The highest BCUT2D eigenvalue weighted by Gasteiger charge is 2.49. The van der Waals surface area contributed by atoms with Gasteiger partial charge in [-0.05, 0) is 37.1 Å². The molecule has 0 saturated carbocycles. The Balaban J connectivity index is 1.59.